The Bertz CT molecular complexity index is 433. The summed E-state index contributed by atoms with van der Waals surface area (Å²) in [4.78, 5) is 0. The molecule has 0 saturated carbocycles. The number of nitrogens with one attached hydrogen (secondary N) is 1. The van der Waals surface area contributed by atoms with Gasteiger partial charge in [0.2, 0.25) is 0 Å². The van der Waals surface area contributed by atoms with Gasteiger partial charge in [0.05, 0.1) is 18.8 Å². The van der Waals surface area contributed by atoms with Gasteiger partial charge in [-0.3, -0.25) is 0 Å². The smallest absolute Gasteiger partial charge is 0.124 e. The van der Waals surface area contributed by atoms with Crippen LogP contribution in [0.1, 0.15) is 51.1 Å². The van der Waals surface area contributed by atoms with Gasteiger partial charge in [-0.05, 0) is 57.4 Å². The van der Waals surface area contributed by atoms with Crippen LogP contribution in [0.15, 0.2) is 22.7 Å². The van der Waals surface area contributed by atoms with E-state index in [2.05, 4.69) is 34.2 Å². The van der Waals surface area contributed by atoms with E-state index in [1.54, 1.807) is 0 Å². The first-order valence-electron chi connectivity index (χ1n) is 8.03. The minimum Gasteiger partial charge on any atom is -0.494 e. The summed E-state index contributed by atoms with van der Waals surface area (Å²) in [5.41, 5.74) is 1.20. The Hall–Kier alpha value is -0.580. The highest BCUT2D eigenvalue weighted by molar-refractivity contribution is 9.10. The zero-order chi connectivity index (χ0) is 15.1. The van der Waals surface area contributed by atoms with Crippen LogP contribution < -0.4 is 10.1 Å². The Morgan fingerprint density at radius 2 is 2.24 bits per heavy atom. The average Bonchev–Trinajstić information content (AvgIpc) is 2.51. The number of benzene rings is 1. The van der Waals surface area contributed by atoms with Gasteiger partial charge >= 0.3 is 0 Å². The number of rotatable bonds is 7. The molecule has 0 bridgehead atoms. The predicted octanol–water partition coefficient (Wildman–Crippen LogP) is 4.46. The Morgan fingerprint density at radius 3 is 2.90 bits per heavy atom. The van der Waals surface area contributed by atoms with Crippen LogP contribution in [-0.4, -0.2) is 25.9 Å². The fourth-order valence-corrected chi connectivity index (χ4v) is 3.20. The largest absolute Gasteiger partial charge is 0.494 e. The molecule has 0 amide bonds. The molecular weight excluding hydrogens is 330 g/mol. The summed E-state index contributed by atoms with van der Waals surface area (Å²) in [7, 11) is 0. The molecule has 1 aromatic rings. The molecule has 21 heavy (non-hydrogen) atoms. The van der Waals surface area contributed by atoms with Gasteiger partial charge in [-0.2, -0.15) is 0 Å². The highest BCUT2D eigenvalue weighted by Gasteiger charge is 2.28. The number of halogens is 1. The van der Waals surface area contributed by atoms with E-state index in [1.807, 2.05) is 19.1 Å². The summed E-state index contributed by atoms with van der Waals surface area (Å²) in [6, 6.07) is 6.44. The van der Waals surface area contributed by atoms with Gasteiger partial charge in [-0.25, -0.2) is 0 Å². The average molecular weight is 356 g/mol. The van der Waals surface area contributed by atoms with E-state index in [4.69, 9.17) is 9.47 Å². The standard InChI is InChI=1S/C17H26BrNO2/c1-3-10-19-17(16-7-5-6-11-21-16)14-12-13(18)8-9-15(14)20-4-2/h8-9,12,16-17,19H,3-7,10-11H2,1-2H3. The van der Waals surface area contributed by atoms with E-state index in [0.717, 1.165) is 36.2 Å². The van der Waals surface area contributed by atoms with Crippen molar-refractivity contribution in [3.8, 4) is 5.75 Å². The summed E-state index contributed by atoms with van der Waals surface area (Å²) in [6.07, 6.45) is 4.88. The van der Waals surface area contributed by atoms with E-state index < -0.39 is 0 Å². The number of hydrogen-bond acceptors (Lipinski definition) is 3. The van der Waals surface area contributed by atoms with Gasteiger partial charge in [0.25, 0.3) is 0 Å². The van der Waals surface area contributed by atoms with Crippen molar-refractivity contribution in [2.45, 2.75) is 51.7 Å². The zero-order valence-electron chi connectivity index (χ0n) is 13.0. The van der Waals surface area contributed by atoms with E-state index in [0.29, 0.717) is 6.61 Å². The number of ether oxygens (including phenoxy) is 2. The molecule has 0 aromatic heterocycles. The summed E-state index contributed by atoms with van der Waals surface area (Å²) in [5.74, 6) is 0.962. The van der Waals surface area contributed by atoms with Crippen molar-refractivity contribution in [1.82, 2.24) is 5.32 Å². The molecule has 1 fully saturated rings. The molecule has 1 heterocycles. The molecule has 2 rings (SSSR count). The third-order valence-electron chi connectivity index (χ3n) is 3.81. The maximum Gasteiger partial charge on any atom is 0.124 e. The Kier molecular flexibility index (Phi) is 7.00. The first-order chi connectivity index (χ1) is 10.3. The predicted molar refractivity (Wildman–Crippen MR) is 89.9 cm³/mol. The fourth-order valence-electron chi connectivity index (χ4n) is 2.82. The zero-order valence-corrected chi connectivity index (χ0v) is 14.6. The van der Waals surface area contributed by atoms with Gasteiger partial charge in [-0.1, -0.05) is 22.9 Å². The molecule has 0 aliphatic carbocycles. The second-order valence-electron chi connectivity index (χ2n) is 5.45. The second kappa shape index (κ2) is 8.76. The lowest BCUT2D eigenvalue weighted by atomic mass is 9.95. The lowest BCUT2D eigenvalue weighted by Crippen LogP contribution is -2.36. The topological polar surface area (TPSA) is 30.5 Å². The quantitative estimate of drug-likeness (QED) is 0.783. The summed E-state index contributed by atoms with van der Waals surface area (Å²) < 4.78 is 12.9. The Balaban J connectivity index is 2.27. The monoisotopic (exact) mass is 355 g/mol. The number of hydrogen-bond donors (Lipinski definition) is 1. The summed E-state index contributed by atoms with van der Waals surface area (Å²) in [5, 5.41) is 3.66. The van der Waals surface area contributed by atoms with Gasteiger partial charge in [0.15, 0.2) is 0 Å². The van der Waals surface area contributed by atoms with Crippen LogP contribution in [-0.2, 0) is 4.74 Å². The first-order valence-corrected chi connectivity index (χ1v) is 8.82. The van der Waals surface area contributed by atoms with Crippen molar-refractivity contribution in [1.29, 1.82) is 0 Å². The van der Waals surface area contributed by atoms with Crippen molar-refractivity contribution in [3.63, 3.8) is 0 Å². The Labute approximate surface area is 136 Å². The molecule has 118 valence electrons. The molecule has 4 heteroatoms. The normalized spacial score (nSPS) is 20.2. The van der Waals surface area contributed by atoms with Crippen LogP contribution in [0, 0.1) is 0 Å². The van der Waals surface area contributed by atoms with Gasteiger partial charge in [0, 0.05) is 16.6 Å². The lowest BCUT2D eigenvalue weighted by molar-refractivity contribution is -0.00868. The van der Waals surface area contributed by atoms with Gasteiger partial charge < -0.3 is 14.8 Å². The SMILES string of the molecule is CCCNC(c1cc(Br)ccc1OCC)C1CCCCO1. The van der Waals surface area contributed by atoms with Crippen LogP contribution in [0.3, 0.4) is 0 Å². The molecule has 1 aliphatic rings. The van der Waals surface area contributed by atoms with E-state index >= 15 is 0 Å². The molecule has 3 nitrogen and oxygen atoms in total. The molecule has 1 aromatic carbocycles. The van der Waals surface area contributed by atoms with E-state index in [9.17, 15) is 0 Å². The lowest BCUT2D eigenvalue weighted by Gasteiger charge is -2.32. The fraction of sp³-hybridized carbons (Fsp3) is 0.647. The summed E-state index contributed by atoms with van der Waals surface area (Å²) >= 11 is 3.58. The maximum absolute atomic E-state index is 6.03. The molecule has 1 N–H and O–H groups in total. The highest BCUT2D eigenvalue weighted by atomic mass is 79.9. The van der Waals surface area contributed by atoms with Crippen molar-refractivity contribution in [2.75, 3.05) is 19.8 Å². The van der Waals surface area contributed by atoms with Crippen molar-refractivity contribution in [2.24, 2.45) is 0 Å². The highest BCUT2D eigenvalue weighted by Crippen LogP contribution is 2.34. The third kappa shape index (κ3) is 4.70. The molecular formula is C17H26BrNO2. The minimum absolute atomic E-state index is 0.198. The van der Waals surface area contributed by atoms with Gasteiger partial charge in [-0.15, -0.1) is 0 Å². The summed E-state index contributed by atoms with van der Waals surface area (Å²) in [6.45, 7) is 6.75. The van der Waals surface area contributed by atoms with E-state index in [-0.39, 0.29) is 12.1 Å². The van der Waals surface area contributed by atoms with Gasteiger partial charge in [0.1, 0.15) is 5.75 Å². The second-order valence-corrected chi connectivity index (χ2v) is 6.37. The van der Waals surface area contributed by atoms with Crippen LogP contribution in [0.2, 0.25) is 0 Å². The first kappa shape index (κ1) is 16.8. The van der Waals surface area contributed by atoms with Crippen LogP contribution in [0.5, 0.6) is 5.75 Å². The minimum atomic E-state index is 0.198. The maximum atomic E-state index is 6.03. The Morgan fingerprint density at radius 1 is 1.38 bits per heavy atom. The van der Waals surface area contributed by atoms with Crippen molar-refractivity contribution in [3.05, 3.63) is 28.2 Å². The van der Waals surface area contributed by atoms with Crippen LogP contribution >= 0.6 is 15.9 Å². The van der Waals surface area contributed by atoms with Crippen LogP contribution in [0.4, 0.5) is 0 Å². The van der Waals surface area contributed by atoms with Crippen LogP contribution in [0.25, 0.3) is 0 Å². The molecule has 1 aliphatic heterocycles. The molecule has 2 atom stereocenters. The van der Waals surface area contributed by atoms with Crippen molar-refractivity contribution >= 4 is 15.9 Å². The molecule has 1 saturated heterocycles. The third-order valence-corrected chi connectivity index (χ3v) is 4.30. The van der Waals surface area contributed by atoms with Crippen molar-refractivity contribution < 1.29 is 9.47 Å². The molecule has 2 unspecified atom stereocenters. The van der Waals surface area contributed by atoms with E-state index in [1.165, 1.54) is 18.4 Å². The molecule has 0 radical (unpaired) electrons. The molecule has 0 spiro atoms.